The van der Waals surface area contributed by atoms with Crippen LogP contribution in [0.4, 0.5) is 11.4 Å². The predicted octanol–water partition coefficient (Wildman–Crippen LogP) is 7.02. The molecule has 1 heterocycles. The van der Waals surface area contributed by atoms with Crippen LogP contribution in [-0.4, -0.2) is 26.6 Å². The number of nitrogens with zero attached hydrogens (tertiary/aromatic N) is 3. The van der Waals surface area contributed by atoms with E-state index < -0.39 is 0 Å². The minimum Gasteiger partial charge on any atom is -0.508 e. The van der Waals surface area contributed by atoms with Crippen LogP contribution in [0.25, 0.3) is 0 Å². The number of hydrogen-bond acceptors (Lipinski definition) is 5. The molecule has 178 valence electrons. The van der Waals surface area contributed by atoms with Crippen molar-refractivity contribution in [2.24, 2.45) is 9.98 Å². The average Bonchev–Trinajstić information content (AvgIpc) is 2.84. The Morgan fingerprint density at radius 3 is 1.41 bits per heavy atom. The van der Waals surface area contributed by atoms with Crippen LogP contribution in [0.2, 0.25) is 0 Å². The minimum atomic E-state index is 0.278. The van der Waals surface area contributed by atoms with Crippen molar-refractivity contribution in [2.45, 2.75) is 67.2 Å². The number of benzene rings is 2. The third-order valence-electron chi connectivity index (χ3n) is 6.20. The van der Waals surface area contributed by atoms with Gasteiger partial charge in [0.1, 0.15) is 11.5 Å². The Balaban J connectivity index is 2.06. The van der Waals surface area contributed by atoms with Gasteiger partial charge in [-0.3, -0.25) is 9.98 Å². The summed E-state index contributed by atoms with van der Waals surface area (Å²) in [6.45, 7) is 12.1. The molecule has 0 aliphatic rings. The molecule has 0 saturated heterocycles. The van der Waals surface area contributed by atoms with E-state index in [4.69, 9.17) is 15.0 Å². The number of phenolic OH excluding ortho intramolecular Hbond substituents is 2. The van der Waals surface area contributed by atoms with Crippen molar-refractivity contribution in [3.8, 4) is 11.5 Å². The Kier molecular flexibility index (Phi) is 8.21. The molecule has 0 atom stereocenters. The van der Waals surface area contributed by atoms with Gasteiger partial charge in [-0.1, -0.05) is 45.9 Å². The quantitative estimate of drug-likeness (QED) is 0.357. The van der Waals surface area contributed by atoms with E-state index in [-0.39, 0.29) is 11.5 Å². The molecule has 0 saturated carbocycles. The van der Waals surface area contributed by atoms with Gasteiger partial charge < -0.3 is 10.2 Å². The highest BCUT2D eigenvalue weighted by Crippen LogP contribution is 2.34. The monoisotopic (exact) mass is 457 g/mol. The Morgan fingerprint density at radius 1 is 0.647 bits per heavy atom. The molecule has 2 N–H and O–H groups in total. The predicted molar refractivity (Wildman–Crippen MR) is 142 cm³/mol. The first kappa shape index (κ1) is 25.2. The zero-order valence-electron chi connectivity index (χ0n) is 21.1. The molecular weight excluding hydrogens is 422 g/mol. The summed E-state index contributed by atoms with van der Waals surface area (Å²) in [5.41, 5.74) is 8.68. The molecule has 3 aromatic rings. The lowest BCUT2D eigenvalue weighted by atomic mass is 10.0. The van der Waals surface area contributed by atoms with Crippen molar-refractivity contribution in [1.82, 2.24) is 4.98 Å². The molecule has 0 fully saturated rings. The standard InChI is InChI=1S/C29H35N3O2/c1-7-20-14-16-26(33)22(9-3)28(20)30-18(5)24-12-11-13-25(32-24)19(6)31-29-21(8-2)15-17-27(34)23(29)10-4/h11-17,33-34H,7-10H2,1-6H3. The fourth-order valence-electron chi connectivity index (χ4n) is 4.18. The number of hydrogen-bond donors (Lipinski definition) is 2. The first-order valence-electron chi connectivity index (χ1n) is 12.1. The van der Waals surface area contributed by atoms with Crippen LogP contribution in [0.15, 0.2) is 52.4 Å². The van der Waals surface area contributed by atoms with Gasteiger partial charge in [-0.2, -0.15) is 0 Å². The first-order valence-corrected chi connectivity index (χ1v) is 12.1. The van der Waals surface area contributed by atoms with Crippen LogP contribution in [0.1, 0.15) is 75.2 Å². The summed E-state index contributed by atoms with van der Waals surface area (Å²) in [5.74, 6) is 0.556. The molecule has 0 amide bonds. The molecule has 0 aliphatic carbocycles. The van der Waals surface area contributed by atoms with Crippen LogP contribution in [-0.2, 0) is 25.7 Å². The molecule has 5 heteroatoms. The maximum atomic E-state index is 10.3. The Labute approximate surface area is 203 Å². The fourth-order valence-corrected chi connectivity index (χ4v) is 4.18. The van der Waals surface area contributed by atoms with Gasteiger partial charge in [-0.15, -0.1) is 0 Å². The third kappa shape index (κ3) is 5.19. The minimum absolute atomic E-state index is 0.278. The van der Waals surface area contributed by atoms with E-state index in [0.717, 1.165) is 69.3 Å². The number of pyridine rings is 1. The largest absolute Gasteiger partial charge is 0.508 e. The molecule has 0 spiro atoms. The SMILES string of the molecule is CCc1ccc(O)c(CC)c1N=C(C)c1cccc(C(C)=Nc2c(CC)ccc(O)c2CC)n1. The van der Waals surface area contributed by atoms with Crippen molar-refractivity contribution < 1.29 is 10.2 Å². The molecule has 3 rings (SSSR count). The number of aryl methyl sites for hydroxylation is 2. The summed E-state index contributed by atoms with van der Waals surface area (Å²) < 4.78 is 0. The molecule has 0 bridgehead atoms. The Hall–Kier alpha value is -3.47. The fraction of sp³-hybridized carbons (Fsp3) is 0.345. The lowest BCUT2D eigenvalue weighted by Gasteiger charge is -2.13. The van der Waals surface area contributed by atoms with Gasteiger partial charge >= 0.3 is 0 Å². The lowest BCUT2D eigenvalue weighted by molar-refractivity contribution is 0.468. The van der Waals surface area contributed by atoms with Crippen LogP contribution >= 0.6 is 0 Å². The number of phenols is 2. The maximum Gasteiger partial charge on any atom is 0.120 e. The zero-order chi connectivity index (χ0) is 24.8. The molecule has 34 heavy (non-hydrogen) atoms. The van der Waals surface area contributed by atoms with Crippen molar-refractivity contribution >= 4 is 22.8 Å². The van der Waals surface area contributed by atoms with Gasteiger partial charge in [-0.25, -0.2) is 4.98 Å². The molecule has 2 aromatic carbocycles. The molecule has 0 aliphatic heterocycles. The maximum absolute atomic E-state index is 10.3. The third-order valence-corrected chi connectivity index (χ3v) is 6.20. The Bertz CT molecular complexity index is 1150. The average molecular weight is 458 g/mol. The Morgan fingerprint density at radius 2 is 1.06 bits per heavy atom. The van der Waals surface area contributed by atoms with Gasteiger partial charge in [0.2, 0.25) is 0 Å². The highest BCUT2D eigenvalue weighted by Gasteiger charge is 2.14. The van der Waals surface area contributed by atoms with Crippen molar-refractivity contribution in [1.29, 1.82) is 0 Å². The molecular formula is C29H35N3O2. The zero-order valence-corrected chi connectivity index (χ0v) is 21.1. The summed E-state index contributed by atoms with van der Waals surface area (Å²) in [6.07, 6.45) is 3.08. The van der Waals surface area contributed by atoms with E-state index in [0.29, 0.717) is 12.8 Å². The van der Waals surface area contributed by atoms with Gasteiger partial charge in [-0.05, 0) is 74.9 Å². The second-order valence-corrected chi connectivity index (χ2v) is 8.36. The first-order chi connectivity index (χ1) is 16.3. The number of aromatic nitrogens is 1. The van der Waals surface area contributed by atoms with E-state index in [1.165, 1.54) is 0 Å². The molecule has 1 aromatic heterocycles. The summed E-state index contributed by atoms with van der Waals surface area (Å²) in [5, 5.41) is 20.7. The highest BCUT2D eigenvalue weighted by molar-refractivity contribution is 6.02. The molecule has 5 nitrogen and oxygen atoms in total. The van der Waals surface area contributed by atoms with E-state index in [1.54, 1.807) is 12.1 Å². The highest BCUT2D eigenvalue weighted by atomic mass is 16.3. The number of rotatable bonds is 8. The van der Waals surface area contributed by atoms with Crippen LogP contribution in [0.3, 0.4) is 0 Å². The van der Waals surface area contributed by atoms with E-state index >= 15 is 0 Å². The van der Waals surface area contributed by atoms with Gasteiger partial charge in [0.25, 0.3) is 0 Å². The summed E-state index contributed by atoms with van der Waals surface area (Å²) in [6, 6.07) is 13.2. The smallest absolute Gasteiger partial charge is 0.120 e. The van der Waals surface area contributed by atoms with Gasteiger partial charge in [0.05, 0.1) is 34.2 Å². The van der Waals surface area contributed by atoms with Crippen molar-refractivity contribution in [2.75, 3.05) is 0 Å². The van der Waals surface area contributed by atoms with E-state index in [2.05, 4.69) is 13.8 Å². The van der Waals surface area contributed by atoms with Crippen molar-refractivity contribution in [3.05, 3.63) is 76.1 Å². The molecule has 0 radical (unpaired) electrons. The van der Waals surface area contributed by atoms with E-state index in [9.17, 15) is 10.2 Å². The molecule has 0 unspecified atom stereocenters. The van der Waals surface area contributed by atoms with Crippen LogP contribution in [0, 0.1) is 0 Å². The second-order valence-electron chi connectivity index (χ2n) is 8.36. The van der Waals surface area contributed by atoms with Crippen LogP contribution in [0.5, 0.6) is 11.5 Å². The van der Waals surface area contributed by atoms with E-state index in [1.807, 2.05) is 58.0 Å². The van der Waals surface area contributed by atoms with Gasteiger partial charge in [0, 0.05) is 11.1 Å². The normalized spacial score (nSPS) is 12.3. The number of aliphatic imine (C=N–C) groups is 2. The lowest BCUT2D eigenvalue weighted by Crippen LogP contribution is -2.06. The topological polar surface area (TPSA) is 78.1 Å². The second kappa shape index (κ2) is 11.1. The van der Waals surface area contributed by atoms with Crippen molar-refractivity contribution in [3.63, 3.8) is 0 Å². The summed E-state index contributed by atoms with van der Waals surface area (Å²) in [4.78, 5) is 14.7. The number of aromatic hydroxyl groups is 2. The van der Waals surface area contributed by atoms with Crippen LogP contribution < -0.4 is 0 Å². The summed E-state index contributed by atoms with van der Waals surface area (Å²) >= 11 is 0. The van der Waals surface area contributed by atoms with Gasteiger partial charge in [0.15, 0.2) is 0 Å². The summed E-state index contributed by atoms with van der Waals surface area (Å²) in [7, 11) is 0.